The second kappa shape index (κ2) is 10.5. The average molecular weight is 451 g/mol. The standard InChI is InChI=1S/C25H27ClN4O2/c26-19-8-9-24(28-16-19)30-25(32)21-6-1-2-7-22(21)29-23(18-10-12-27-13-11-18)15-17-4-3-5-20(31)14-17/h1-9,14,16,18,23,27,29,31H,10-13,15H2,(H,28,30,32). The van der Waals surface area contributed by atoms with Crippen LogP contribution in [0.1, 0.15) is 28.8 Å². The molecule has 1 atom stereocenters. The molecule has 1 aromatic heterocycles. The van der Waals surface area contributed by atoms with Crippen molar-refractivity contribution in [3.8, 4) is 5.75 Å². The van der Waals surface area contributed by atoms with Crippen LogP contribution in [0.5, 0.6) is 5.75 Å². The maximum absolute atomic E-state index is 13.0. The number of carbonyl (C=O) groups is 1. The number of hydrogen-bond donors (Lipinski definition) is 4. The summed E-state index contributed by atoms with van der Waals surface area (Å²) in [5.74, 6) is 0.933. The topological polar surface area (TPSA) is 86.3 Å². The van der Waals surface area contributed by atoms with Crippen LogP contribution in [0.2, 0.25) is 5.02 Å². The van der Waals surface area contributed by atoms with Crippen molar-refractivity contribution in [1.29, 1.82) is 0 Å². The van der Waals surface area contributed by atoms with Crippen molar-refractivity contribution in [2.45, 2.75) is 25.3 Å². The van der Waals surface area contributed by atoms with Crippen LogP contribution in [0.4, 0.5) is 11.5 Å². The summed E-state index contributed by atoms with van der Waals surface area (Å²) >= 11 is 5.89. The Morgan fingerprint density at radius 2 is 1.94 bits per heavy atom. The van der Waals surface area contributed by atoms with Crippen molar-refractivity contribution in [3.05, 3.63) is 83.0 Å². The molecular weight excluding hydrogens is 424 g/mol. The third kappa shape index (κ3) is 5.78. The molecule has 4 N–H and O–H groups in total. The second-order valence-electron chi connectivity index (χ2n) is 8.07. The number of benzene rings is 2. The van der Waals surface area contributed by atoms with Crippen molar-refractivity contribution < 1.29 is 9.90 Å². The minimum atomic E-state index is -0.232. The van der Waals surface area contributed by atoms with Gasteiger partial charge in [-0.25, -0.2) is 4.98 Å². The lowest BCUT2D eigenvalue weighted by atomic mass is 9.86. The molecule has 0 saturated carbocycles. The van der Waals surface area contributed by atoms with Crippen molar-refractivity contribution >= 4 is 29.0 Å². The number of pyridine rings is 1. The van der Waals surface area contributed by atoms with Gasteiger partial charge in [-0.15, -0.1) is 0 Å². The third-order valence-corrected chi connectivity index (χ3v) is 6.02. The lowest BCUT2D eigenvalue weighted by molar-refractivity contribution is 0.102. The van der Waals surface area contributed by atoms with E-state index >= 15 is 0 Å². The molecular formula is C25H27ClN4O2. The molecule has 1 aliphatic rings. The highest BCUT2D eigenvalue weighted by Crippen LogP contribution is 2.27. The number of rotatable bonds is 7. The fraction of sp³-hybridized carbons (Fsp3) is 0.280. The van der Waals surface area contributed by atoms with E-state index in [1.807, 2.05) is 30.3 Å². The smallest absolute Gasteiger partial charge is 0.258 e. The number of nitrogens with zero attached hydrogens (tertiary/aromatic N) is 1. The highest BCUT2D eigenvalue weighted by Gasteiger charge is 2.25. The Bertz CT molecular complexity index is 1050. The predicted octanol–water partition coefficient (Wildman–Crippen LogP) is 4.72. The third-order valence-electron chi connectivity index (χ3n) is 5.80. The molecule has 7 heteroatoms. The Kier molecular flexibility index (Phi) is 7.24. The molecule has 4 rings (SSSR count). The molecule has 0 bridgehead atoms. The molecule has 0 radical (unpaired) electrons. The zero-order chi connectivity index (χ0) is 22.3. The summed E-state index contributed by atoms with van der Waals surface area (Å²) in [4.78, 5) is 17.2. The lowest BCUT2D eigenvalue weighted by Gasteiger charge is -2.33. The number of piperidine rings is 1. The number of anilines is 2. The van der Waals surface area contributed by atoms with Crippen LogP contribution in [0.3, 0.4) is 0 Å². The highest BCUT2D eigenvalue weighted by molar-refractivity contribution is 6.30. The molecule has 1 unspecified atom stereocenters. The number of carbonyl (C=O) groups excluding carboxylic acids is 1. The van der Waals surface area contributed by atoms with Crippen LogP contribution >= 0.6 is 11.6 Å². The maximum Gasteiger partial charge on any atom is 0.258 e. The minimum Gasteiger partial charge on any atom is -0.508 e. The van der Waals surface area contributed by atoms with Crippen LogP contribution in [-0.4, -0.2) is 35.1 Å². The SMILES string of the molecule is O=C(Nc1ccc(Cl)cn1)c1ccccc1NC(Cc1cccc(O)c1)C1CCNCC1. The van der Waals surface area contributed by atoms with Crippen molar-refractivity contribution in [2.24, 2.45) is 5.92 Å². The average Bonchev–Trinajstić information content (AvgIpc) is 2.81. The number of aromatic hydroxyl groups is 1. The first kappa shape index (κ1) is 22.1. The quantitative estimate of drug-likeness (QED) is 0.418. The van der Waals surface area contributed by atoms with E-state index in [0.717, 1.165) is 43.6 Å². The number of para-hydroxylation sites is 1. The summed E-state index contributed by atoms with van der Waals surface area (Å²) < 4.78 is 0. The Balaban J connectivity index is 1.56. The predicted molar refractivity (Wildman–Crippen MR) is 128 cm³/mol. The lowest BCUT2D eigenvalue weighted by Crippen LogP contribution is -2.39. The molecule has 1 saturated heterocycles. The number of phenolic OH excluding ortho intramolecular Hbond substituents is 1. The maximum atomic E-state index is 13.0. The molecule has 1 amide bonds. The monoisotopic (exact) mass is 450 g/mol. The fourth-order valence-corrected chi connectivity index (χ4v) is 4.27. The minimum absolute atomic E-state index is 0.126. The molecule has 2 heterocycles. The van der Waals surface area contributed by atoms with E-state index in [4.69, 9.17) is 11.6 Å². The van der Waals surface area contributed by atoms with E-state index < -0.39 is 0 Å². The number of phenols is 1. The number of amides is 1. The number of halogens is 1. The van der Waals surface area contributed by atoms with Gasteiger partial charge in [0.1, 0.15) is 11.6 Å². The summed E-state index contributed by atoms with van der Waals surface area (Å²) in [7, 11) is 0. The highest BCUT2D eigenvalue weighted by atomic mass is 35.5. The van der Waals surface area contributed by atoms with E-state index in [-0.39, 0.29) is 17.7 Å². The molecule has 32 heavy (non-hydrogen) atoms. The fourth-order valence-electron chi connectivity index (χ4n) is 4.16. The van der Waals surface area contributed by atoms with E-state index in [0.29, 0.717) is 22.3 Å². The van der Waals surface area contributed by atoms with Gasteiger partial charge in [0, 0.05) is 17.9 Å². The van der Waals surface area contributed by atoms with Gasteiger partial charge in [0.15, 0.2) is 0 Å². The van der Waals surface area contributed by atoms with Gasteiger partial charge in [-0.1, -0.05) is 35.9 Å². The summed E-state index contributed by atoms with van der Waals surface area (Å²) in [6.45, 7) is 1.96. The molecule has 1 fully saturated rings. The van der Waals surface area contributed by atoms with Crippen LogP contribution in [-0.2, 0) is 6.42 Å². The van der Waals surface area contributed by atoms with Crippen LogP contribution in [0.25, 0.3) is 0 Å². The van der Waals surface area contributed by atoms with E-state index in [1.165, 1.54) is 6.20 Å². The Labute approximate surface area is 193 Å². The van der Waals surface area contributed by atoms with E-state index in [9.17, 15) is 9.90 Å². The number of nitrogens with one attached hydrogen (secondary N) is 3. The molecule has 166 valence electrons. The van der Waals surface area contributed by atoms with Gasteiger partial charge >= 0.3 is 0 Å². The molecule has 2 aromatic carbocycles. The normalized spacial score (nSPS) is 15.2. The molecule has 3 aromatic rings. The van der Waals surface area contributed by atoms with Gasteiger partial charge in [0.25, 0.3) is 5.91 Å². The van der Waals surface area contributed by atoms with Gasteiger partial charge < -0.3 is 21.1 Å². The Hall–Kier alpha value is -3.09. The van der Waals surface area contributed by atoms with Crippen molar-refractivity contribution in [2.75, 3.05) is 23.7 Å². The molecule has 0 spiro atoms. The number of hydrogen-bond acceptors (Lipinski definition) is 5. The first-order valence-electron chi connectivity index (χ1n) is 10.9. The van der Waals surface area contributed by atoms with Gasteiger partial charge in [0.05, 0.1) is 10.6 Å². The largest absolute Gasteiger partial charge is 0.508 e. The Morgan fingerprint density at radius 1 is 1.12 bits per heavy atom. The van der Waals surface area contributed by atoms with Crippen LogP contribution in [0.15, 0.2) is 66.9 Å². The summed E-state index contributed by atoms with van der Waals surface area (Å²) in [5, 5.41) is 20.3. The van der Waals surface area contributed by atoms with Crippen LogP contribution in [0, 0.1) is 5.92 Å². The van der Waals surface area contributed by atoms with Crippen molar-refractivity contribution in [3.63, 3.8) is 0 Å². The van der Waals surface area contributed by atoms with E-state index in [2.05, 4.69) is 20.9 Å². The first-order chi connectivity index (χ1) is 15.6. The summed E-state index contributed by atoms with van der Waals surface area (Å²) in [6, 6.07) is 18.4. The first-order valence-corrected chi connectivity index (χ1v) is 11.2. The van der Waals surface area contributed by atoms with Crippen LogP contribution < -0.4 is 16.0 Å². The zero-order valence-electron chi connectivity index (χ0n) is 17.7. The van der Waals surface area contributed by atoms with Gasteiger partial charge in [-0.05, 0) is 80.2 Å². The molecule has 0 aliphatic carbocycles. The summed E-state index contributed by atoms with van der Waals surface area (Å²) in [5.41, 5.74) is 2.40. The van der Waals surface area contributed by atoms with Crippen molar-refractivity contribution in [1.82, 2.24) is 10.3 Å². The Morgan fingerprint density at radius 3 is 2.69 bits per heavy atom. The zero-order valence-corrected chi connectivity index (χ0v) is 18.5. The second-order valence-corrected chi connectivity index (χ2v) is 8.51. The summed E-state index contributed by atoms with van der Waals surface area (Å²) in [6.07, 6.45) is 4.37. The number of aromatic nitrogens is 1. The van der Waals surface area contributed by atoms with Gasteiger partial charge in [0.2, 0.25) is 0 Å². The van der Waals surface area contributed by atoms with Gasteiger partial charge in [-0.2, -0.15) is 0 Å². The van der Waals surface area contributed by atoms with E-state index in [1.54, 1.807) is 30.3 Å². The molecule has 1 aliphatic heterocycles. The molecule has 6 nitrogen and oxygen atoms in total. The van der Waals surface area contributed by atoms with Gasteiger partial charge in [-0.3, -0.25) is 4.79 Å².